The van der Waals surface area contributed by atoms with Crippen LogP contribution in [0.2, 0.25) is 0 Å². The number of carbonyl (C=O) groups excluding carboxylic acids is 2. The number of thioether (sulfide) groups is 1. The first-order valence-electron chi connectivity index (χ1n) is 11.8. The fraction of sp³-hybridized carbons (Fsp3) is 0.207. The number of aliphatic imine (C=N–C) groups is 1. The molecule has 196 valence electrons. The summed E-state index contributed by atoms with van der Waals surface area (Å²) in [5.74, 6) is 1.36. The van der Waals surface area contributed by atoms with Crippen LogP contribution in [0.1, 0.15) is 16.7 Å². The Morgan fingerprint density at radius 1 is 0.921 bits per heavy atom. The maximum Gasteiger partial charge on any atom is 0.283 e. The van der Waals surface area contributed by atoms with Gasteiger partial charge in [-0.25, -0.2) is 4.99 Å². The van der Waals surface area contributed by atoms with Crippen LogP contribution < -0.4 is 24.4 Å². The van der Waals surface area contributed by atoms with E-state index < -0.39 is 0 Å². The minimum absolute atomic E-state index is 0.0531. The van der Waals surface area contributed by atoms with E-state index in [4.69, 9.17) is 14.2 Å². The molecule has 1 N–H and O–H groups in total. The SMILES string of the molecule is COc1ccc(/C=C2\N=C(SCC(=O)Nc3ccc(OC)c(OC)c3)N(c3cc(C)cc(C)c3)C2=O)cc1. The van der Waals surface area contributed by atoms with E-state index >= 15 is 0 Å². The van der Waals surface area contributed by atoms with E-state index in [2.05, 4.69) is 10.3 Å². The van der Waals surface area contributed by atoms with Crippen LogP contribution >= 0.6 is 11.8 Å². The van der Waals surface area contributed by atoms with E-state index in [1.807, 2.05) is 56.3 Å². The van der Waals surface area contributed by atoms with Crippen LogP contribution in [0, 0.1) is 13.8 Å². The van der Waals surface area contributed by atoms with Crippen LogP contribution in [0.3, 0.4) is 0 Å². The topological polar surface area (TPSA) is 89.5 Å². The van der Waals surface area contributed by atoms with Crippen LogP contribution in [-0.2, 0) is 9.59 Å². The summed E-state index contributed by atoms with van der Waals surface area (Å²) in [5.41, 5.74) is 4.43. The van der Waals surface area contributed by atoms with Gasteiger partial charge in [-0.05, 0) is 73.0 Å². The van der Waals surface area contributed by atoms with Gasteiger partial charge in [-0.3, -0.25) is 14.5 Å². The van der Waals surface area contributed by atoms with Crippen molar-refractivity contribution in [1.82, 2.24) is 0 Å². The molecule has 1 heterocycles. The number of rotatable bonds is 8. The summed E-state index contributed by atoms with van der Waals surface area (Å²) in [6.45, 7) is 3.96. The van der Waals surface area contributed by atoms with Gasteiger partial charge in [0.05, 0.1) is 32.8 Å². The zero-order chi connectivity index (χ0) is 27.2. The molecule has 0 bridgehead atoms. The van der Waals surface area contributed by atoms with Gasteiger partial charge >= 0.3 is 0 Å². The number of anilines is 2. The Morgan fingerprint density at radius 2 is 1.61 bits per heavy atom. The molecule has 0 unspecified atom stereocenters. The van der Waals surface area contributed by atoms with Gasteiger partial charge in [-0.15, -0.1) is 0 Å². The van der Waals surface area contributed by atoms with Crippen molar-refractivity contribution in [3.05, 3.63) is 83.1 Å². The number of methoxy groups -OCH3 is 3. The van der Waals surface area contributed by atoms with E-state index in [1.165, 1.54) is 18.9 Å². The van der Waals surface area contributed by atoms with Crippen molar-refractivity contribution in [2.75, 3.05) is 37.3 Å². The van der Waals surface area contributed by atoms with E-state index in [0.717, 1.165) is 22.4 Å². The molecule has 9 heteroatoms. The Labute approximate surface area is 226 Å². The summed E-state index contributed by atoms with van der Waals surface area (Å²) in [4.78, 5) is 32.5. The number of hydrogen-bond acceptors (Lipinski definition) is 7. The van der Waals surface area contributed by atoms with Crippen molar-refractivity contribution in [3.63, 3.8) is 0 Å². The third-order valence-electron chi connectivity index (χ3n) is 5.71. The van der Waals surface area contributed by atoms with Gasteiger partial charge in [-0.1, -0.05) is 30.0 Å². The smallest absolute Gasteiger partial charge is 0.283 e. The van der Waals surface area contributed by atoms with Crippen LogP contribution in [0.25, 0.3) is 6.08 Å². The highest BCUT2D eigenvalue weighted by Crippen LogP contribution is 2.32. The van der Waals surface area contributed by atoms with Crippen molar-refractivity contribution in [2.24, 2.45) is 4.99 Å². The second kappa shape index (κ2) is 11.9. The summed E-state index contributed by atoms with van der Waals surface area (Å²) in [5, 5.41) is 3.29. The van der Waals surface area contributed by atoms with E-state index in [-0.39, 0.29) is 23.3 Å². The first kappa shape index (κ1) is 26.8. The average Bonchev–Trinajstić information content (AvgIpc) is 3.21. The highest BCUT2D eigenvalue weighted by Gasteiger charge is 2.32. The van der Waals surface area contributed by atoms with Crippen molar-refractivity contribution in [1.29, 1.82) is 0 Å². The molecule has 0 aliphatic carbocycles. The standard InChI is InChI=1S/C29H29N3O5S/c1-18-12-19(2)14-22(13-18)32-28(34)24(15-20-6-9-23(35-3)10-7-20)31-29(32)38-17-27(33)30-21-8-11-25(36-4)26(16-21)37-5/h6-16H,17H2,1-5H3,(H,30,33)/b24-15-. The maximum absolute atomic E-state index is 13.5. The molecule has 38 heavy (non-hydrogen) atoms. The zero-order valence-corrected chi connectivity index (χ0v) is 22.7. The molecule has 1 aliphatic heterocycles. The van der Waals surface area contributed by atoms with Crippen LogP contribution in [-0.4, -0.2) is 44.1 Å². The Kier molecular flexibility index (Phi) is 8.38. The maximum atomic E-state index is 13.5. The molecule has 3 aromatic carbocycles. The molecular formula is C29H29N3O5S. The predicted molar refractivity (Wildman–Crippen MR) is 152 cm³/mol. The minimum Gasteiger partial charge on any atom is -0.497 e. The molecule has 0 radical (unpaired) electrons. The molecule has 0 saturated carbocycles. The van der Waals surface area contributed by atoms with Crippen LogP contribution in [0.15, 0.2) is 71.4 Å². The number of nitrogens with zero attached hydrogens (tertiary/aromatic N) is 2. The highest BCUT2D eigenvalue weighted by molar-refractivity contribution is 8.14. The largest absolute Gasteiger partial charge is 0.497 e. The van der Waals surface area contributed by atoms with Crippen molar-refractivity contribution in [3.8, 4) is 17.2 Å². The van der Waals surface area contributed by atoms with Gasteiger partial charge in [0.1, 0.15) is 11.4 Å². The van der Waals surface area contributed by atoms with Gasteiger partial charge in [0.15, 0.2) is 16.7 Å². The summed E-state index contributed by atoms with van der Waals surface area (Å²) >= 11 is 1.19. The molecular weight excluding hydrogens is 502 g/mol. The Morgan fingerprint density at radius 3 is 2.24 bits per heavy atom. The molecule has 0 fully saturated rings. The summed E-state index contributed by atoms with van der Waals surface area (Å²) in [6.07, 6.45) is 1.73. The first-order chi connectivity index (χ1) is 18.3. The lowest BCUT2D eigenvalue weighted by Gasteiger charge is -2.19. The number of amidine groups is 1. The lowest BCUT2D eigenvalue weighted by Crippen LogP contribution is -2.31. The Balaban J connectivity index is 1.57. The molecule has 0 spiro atoms. The van der Waals surface area contributed by atoms with Crippen molar-refractivity contribution < 1.29 is 23.8 Å². The van der Waals surface area contributed by atoms with Gasteiger partial charge in [0.25, 0.3) is 5.91 Å². The number of benzene rings is 3. The summed E-state index contributed by atoms with van der Waals surface area (Å²) in [7, 11) is 4.69. The van der Waals surface area contributed by atoms with E-state index in [0.29, 0.717) is 28.0 Å². The number of carbonyl (C=O) groups is 2. The highest BCUT2D eigenvalue weighted by atomic mass is 32.2. The van der Waals surface area contributed by atoms with E-state index in [9.17, 15) is 9.59 Å². The molecule has 2 amide bonds. The third-order valence-corrected chi connectivity index (χ3v) is 6.65. The molecule has 0 aromatic heterocycles. The van der Waals surface area contributed by atoms with E-state index in [1.54, 1.807) is 43.4 Å². The van der Waals surface area contributed by atoms with Crippen molar-refractivity contribution >= 4 is 46.2 Å². The minimum atomic E-state index is -0.256. The molecule has 3 aromatic rings. The summed E-state index contributed by atoms with van der Waals surface area (Å²) < 4.78 is 15.8. The Hall–Kier alpha value is -4.24. The zero-order valence-electron chi connectivity index (χ0n) is 21.9. The lowest BCUT2D eigenvalue weighted by molar-refractivity contribution is -0.114. The third kappa shape index (κ3) is 6.18. The normalized spacial score (nSPS) is 13.9. The first-order valence-corrected chi connectivity index (χ1v) is 12.8. The summed E-state index contributed by atoms with van der Waals surface area (Å²) in [6, 6.07) is 18.4. The van der Waals surface area contributed by atoms with Crippen LogP contribution in [0.4, 0.5) is 11.4 Å². The Bertz CT molecular complexity index is 1400. The molecule has 0 atom stereocenters. The average molecular weight is 532 g/mol. The number of nitrogens with one attached hydrogen (secondary N) is 1. The molecule has 0 saturated heterocycles. The number of aryl methyl sites for hydroxylation is 2. The number of hydrogen-bond donors (Lipinski definition) is 1. The monoisotopic (exact) mass is 531 g/mol. The van der Waals surface area contributed by atoms with Crippen molar-refractivity contribution in [2.45, 2.75) is 13.8 Å². The lowest BCUT2D eigenvalue weighted by atomic mass is 10.1. The van der Waals surface area contributed by atoms with Crippen LogP contribution in [0.5, 0.6) is 17.2 Å². The number of amides is 2. The van der Waals surface area contributed by atoms with Gasteiger partial charge in [-0.2, -0.15) is 0 Å². The van der Waals surface area contributed by atoms with Gasteiger partial charge in [0, 0.05) is 11.8 Å². The van der Waals surface area contributed by atoms with Gasteiger partial charge < -0.3 is 19.5 Å². The fourth-order valence-electron chi connectivity index (χ4n) is 4.00. The second-order valence-electron chi connectivity index (χ2n) is 8.59. The molecule has 8 nitrogen and oxygen atoms in total. The predicted octanol–water partition coefficient (Wildman–Crippen LogP) is 5.44. The quantitative estimate of drug-likeness (QED) is 0.389. The van der Waals surface area contributed by atoms with Gasteiger partial charge in [0.2, 0.25) is 5.91 Å². The fourth-order valence-corrected chi connectivity index (χ4v) is 4.81. The molecule has 4 rings (SSSR count). The number of ether oxygens (including phenoxy) is 3. The molecule has 1 aliphatic rings. The second-order valence-corrected chi connectivity index (χ2v) is 9.53.